The van der Waals surface area contributed by atoms with Crippen molar-refractivity contribution in [2.24, 2.45) is 0 Å². The number of carboxylic acids is 1. The van der Waals surface area contributed by atoms with Gasteiger partial charge in [0.25, 0.3) is 0 Å². The Labute approximate surface area is 460 Å². The lowest BCUT2D eigenvalue weighted by molar-refractivity contribution is -0.870. The number of carboxylic acid groups (broad SMARTS) is 1. The number of hydrogen-bond acceptors (Lipinski definition) is 8. The highest BCUT2D eigenvalue weighted by atomic mass is 16.7. The van der Waals surface area contributed by atoms with Crippen molar-refractivity contribution in [2.45, 2.75) is 245 Å². The minimum atomic E-state index is -1.63. The molecular weight excluding hydrogens is 935 g/mol. The van der Waals surface area contributed by atoms with Crippen LogP contribution in [0.25, 0.3) is 0 Å². The maximum atomic E-state index is 12.9. The van der Waals surface area contributed by atoms with Crippen LogP contribution in [0.1, 0.15) is 232 Å². The molecule has 9 nitrogen and oxygen atoms in total. The van der Waals surface area contributed by atoms with E-state index in [1.165, 1.54) is 96.3 Å². The molecule has 2 atom stereocenters. The highest BCUT2D eigenvalue weighted by molar-refractivity contribution is 5.70. The molecular formula is C66H111NO8. The van der Waals surface area contributed by atoms with E-state index in [4.69, 9.17) is 18.9 Å². The van der Waals surface area contributed by atoms with Crippen LogP contribution < -0.4 is 5.11 Å². The first-order valence-corrected chi connectivity index (χ1v) is 30.0. The predicted octanol–water partition coefficient (Wildman–Crippen LogP) is 16.6. The van der Waals surface area contributed by atoms with Gasteiger partial charge < -0.3 is 33.3 Å². The highest BCUT2D eigenvalue weighted by Gasteiger charge is 2.22. The van der Waals surface area contributed by atoms with E-state index in [2.05, 4.69) is 123 Å². The molecule has 0 aromatic heterocycles. The first-order valence-electron chi connectivity index (χ1n) is 30.0. The number of quaternary nitrogens is 1. The first-order chi connectivity index (χ1) is 36.6. The molecule has 0 aromatic carbocycles. The fourth-order valence-corrected chi connectivity index (χ4v) is 7.90. The van der Waals surface area contributed by atoms with Crippen molar-refractivity contribution < 1.29 is 42.9 Å². The average molecular weight is 1050 g/mol. The Morgan fingerprint density at radius 3 is 1.13 bits per heavy atom. The second-order valence-electron chi connectivity index (χ2n) is 20.9. The number of unbranched alkanes of at least 4 members (excludes halogenated alkanes) is 21. The number of allylic oxidation sites excluding steroid dienone is 18. The molecule has 0 spiro atoms. The lowest BCUT2D eigenvalue weighted by Gasteiger charge is -2.26. The molecule has 0 rings (SSSR count). The third-order valence-corrected chi connectivity index (χ3v) is 12.5. The Balaban J connectivity index is 4.24. The molecule has 2 unspecified atom stereocenters. The number of likely N-dealkylation sites (N-methyl/N-ethyl adjacent to an activating group) is 1. The molecule has 0 aliphatic carbocycles. The molecule has 0 bridgehead atoms. The third-order valence-electron chi connectivity index (χ3n) is 12.5. The van der Waals surface area contributed by atoms with Crippen LogP contribution in [-0.2, 0) is 33.3 Å². The molecule has 0 aliphatic rings. The van der Waals surface area contributed by atoms with Crippen LogP contribution in [0.2, 0.25) is 0 Å². The molecule has 0 radical (unpaired) electrons. The van der Waals surface area contributed by atoms with Gasteiger partial charge in [0.05, 0.1) is 40.3 Å². The Bertz CT molecular complexity index is 1590. The van der Waals surface area contributed by atoms with Gasteiger partial charge in [0.1, 0.15) is 13.2 Å². The Morgan fingerprint density at radius 2 is 0.760 bits per heavy atom. The minimum Gasteiger partial charge on any atom is -0.545 e. The highest BCUT2D eigenvalue weighted by Crippen LogP contribution is 2.15. The second-order valence-corrected chi connectivity index (χ2v) is 20.9. The van der Waals surface area contributed by atoms with Gasteiger partial charge in [0.2, 0.25) is 0 Å². The van der Waals surface area contributed by atoms with Crippen LogP contribution in [-0.4, -0.2) is 82.3 Å². The summed E-state index contributed by atoms with van der Waals surface area (Å²) in [6, 6.07) is 0. The van der Waals surface area contributed by atoms with E-state index in [0.717, 1.165) is 103 Å². The minimum absolute atomic E-state index is 0.140. The summed E-state index contributed by atoms with van der Waals surface area (Å²) in [6.07, 6.45) is 74.2. The summed E-state index contributed by atoms with van der Waals surface area (Å²) in [6.45, 7) is 4.58. The average Bonchev–Trinajstić information content (AvgIpc) is 3.38. The van der Waals surface area contributed by atoms with Crippen molar-refractivity contribution in [2.75, 3.05) is 47.5 Å². The van der Waals surface area contributed by atoms with Gasteiger partial charge in [0.15, 0.2) is 12.4 Å². The van der Waals surface area contributed by atoms with Crippen LogP contribution in [0, 0.1) is 0 Å². The molecule has 75 heavy (non-hydrogen) atoms. The topological polar surface area (TPSA) is 111 Å². The van der Waals surface area contributed by atoms with Gasteiger partial charge in [-0.05, 0) is 103 Å². The van der Waals surface area contributed by atoms with Crippen molar-refractivity contribution in [1.29, 1.82) is 0 Å². The zero-order chi connectivity index (χ0) is 54.8. The molecule has 0 saturated carbocycles. The predicted molar refractivity (Wildman–Crippen MR) is 315 cm³/mol. The van der Waals surface area contributed by atoms with Gasteiger partial charge in [0, 0.05) is 12.8 Å². The number of hydrogen-bond donors (Lipinski definition) is 0. The Morgan fingerprint density at radius 1 is 0.413 bits per heavy atom. The quantitative estimate of drug-likeness (QED) is 0.0195. The lowest BCUT2D eigenvalue weighted by Crippen LogP contribution is -2.44. The maximum Gasteiger partial charge on any atom is 0.306 e. The SMILES string of the molecule is CC/C=C\C/C=C\C/C=C\C/C=C\C/C=C\C/C=C\CCCCCCCCCCCCCCC(=O)OC(COC(=O)CCCCCCCC/C=C\C/C=C\C/C=C\CCCCC)COC(OCC[N+](C)(C)C)C(=O)[O-]. The van der Waals surface area contributed by atoms with Gasteiger partial charge >= 0.3 is 11.9 Å². The van der Waals surface area contributed by atoms with E-state index in [1.54, 1.807) is 0 Å². The van der Waals surface area contributed by atoms with E-state index in [0.29, 0.717) is 17.4 Å². The number of nitrogens with zero attached hydrogens (tertiary/aromatic N) is 1. The van der Waals surface area contributed by atoms with Gasteiger partial charge in [-0.1, -0.05) is 226 Å². The Hall–Kier alpha value is -4.05. The van der Waals surface area contributed by atoms with Crippen molar-refractivity contribution in [3.05, 3.63) is 109 Å². The largest absolute Gasteiger partial charge is 0.545 e. The first kappa shape index (κ1) is 71.0. The Kier molecular flexibility index (Phi) is 53.1. The maximum absolute atomic E-state index is 12.9. The van der Waals surface area contributed by atoms with E-state index in [9.17, 15) is 19.5 Å². The third kappa shape index (κ3) is 57.5. The van der Waals surface area contributed by atoms with Crippen molar-refractivity contribution in [3.63, 3.8) is 0 Å². The van der Waals surface area contributed by atoms with Gasteiger partial charge in [-0.3, -0.25) is 9.59 Å². The van der Waals surface area contributed by atoms with Crippen LogP contribution in [0.4, 0.5) is 0 Å². The summed E-state index contributed by atoms with van der Waals surface area (Å²) in [7, 11) is 5.91. The molecule has 0 amide bonds. The summed E-state index contributed by atoms with van der Waals surface area (Å²) in [4.78, 5) is 37.3. The molecule has 0 N–H and O–H groups in total. The van der Waals surface area contributed by atoms with Crippen LogP contribution in [0.5, 0.6) is 0 Å². The fraction of sp³-hybridized carbons (Fsp3) is 0.682. The lowest BCUT2D eigenvalue weighted by atomic mass is 10.0. The molecule has 0 fully saturated rings. The molecule has 9 heteroatoms. The molecule has 0 saturated heterocycles. The van der Waals surface area contributed by atoms with Crippen molar-refractivity contribution in [3.8, 4) is 0 Å². The number of aliphatic carboxylic acids is 1. The normalized spacial score (nSPS) is 13.6. The van der Waals surface area contributed by atoms with Crippen LogP contribution in [0.3, 0.4) is 0 Å². The van der Waals surface area contributed by atoms with Gasteiger partial charge in [-0.2, -0.15) is 0 Å². The molecule has 0 heterocycles. The van der Waals surface area contributed by atoms with E-state index in [1.807, 2.05) is 21.1 Å². The number of ether oxygens (including phenoxy) is 4. The molecule has 0 aliphatic heterocycles. The summed E-state index contributed by atoms with van der Waals surface area (Å²) in [5.41, 5.74) is 0. The van der Waals surface area contributed by atoms with Gasteiger partial charge in [-0.25, -0.2) is 0 Å². The fourth-order valence-electron chi connectivity index (χ4n) is 7.90. The van der Waals surface area contributed by atoms with Crippen LogP contribution in [0.15, 0.2) is 109 Å². The smallest absolute Gasteiger partial charge is 0.306 e. The van der Waals surface area contributed by atoms with Crippen LogP contribution >= 0.6 is 0 Å². The monoisotopic (exact) mass is 1050 g/mol. The van der Waals surface area contributed by atoms with E-state index >= 15 is 0 Å². The van der Waals surface area contributed by atoms with Crippen molar-refractivity contribution >= 4 is 17.9 Å². The second kappa shape index (κ2) is 56.2. The number of esters is 2. The van der Waals surface area contributed by atoms with E-state index < -0.39 is 24.3 Å². The molecule has 0 aromatic rings. The number of carbonyl (C=O) groups is 3. The number of carbonyl (C=O) groups excluding carboxylic acids is 3. The zero-order valence-electron chi connectivity index (χ0n) is 48.6. The standard InChI is InChI=1S/C66H111NO8/c1-6-8-10-12-14-16-18-20-22-24-26-27-28-29-30-31-32-33-34-35-36-37-39-41-43-45-47-49-51-53-55-57-64(69)75-62(61-74-66(65(70)71)72-59-58-67(3,4)5)60-73-63(68)56-54-52-50-48-46-44-42-40-38-25-23-21-19-17-15-13-11-9-7-2/h8,10,14-17,20-23,26-27,29-30,32-33,38,40,62,66H,6-7,9,11-13,18-19,24-25,28,31,34-37,39,41-61H2,1-5H3/b10-8-,16-14-,17-15-,22-20-,23-21-,27-26-,30-29-,33-32-,40-38-. The summed E-state index contributed by atoms with van der Waals surface area (Å²) in [5.74, 6) is -2.31. The summed E-state index contributed by atoms with van der Waals surface area (Å²) in [5, 5.41) is 11.8. The van der Waals surface area contributed by atoms with Crippen molar-refractivity contribution in [1.82, 2.24) is 0 Å². The summed E-state index contributed by atoms with van der Waals surface area (Å²) < 4.78 is 22.7. The zero-order valence-corrected chi connectivity index (χ0v) is 48.6. The molecule has 428 valence electrons. The van der Waals surface area contributed by atoms with E-state index in [-0.39, 0.29) is 38.6 Å². The number of rotatable bonds is 54. The van der Waals surface area contributed by atoms with Gasteiger partial charge in [-0.15, -0.1) is 0 Å². The summed E-state index contributed by atoms with van der Waals surface area (Å²) >= 11 is 0.